The van der Waals surface area contributed by atoms with Gasteiger partial charge in [0.05, 0.1) is 13.2 Å². The number of carbonyl (C=O) groups excluding carboxylic acids is 1. The molecule has 2 heterocycles. The average molecular weight is 463 g/mol. The van der Waals surface area contributed by atoms with Crippen LogP contribution in [0.15, 0.2) is 39.6 Å². The van der Waals surface area contributed by atoms with Crippen molar-refractivity contribution in [2.75, 3.05) is 31.0 Å². The van der Waals surface area contributed by atoms with Crippen LogP contribution in [0.3, 0.4) is 0 Å². The van der Waals surface area contributed by atoms with Crippen molar-refractivity contribution in [1.82, 2.24) is 4.90 Å². The molecule has 0 unspecified atom stereocenters. The van der Waals surface area contributed by atoms with E-state index < -0.39 is 10.0 Å². The quantitative estimate of drug-likeness (QED) is 0.625. The molecule has 1 aliphatic rings. The summed E-state index contributed by atoms with van der Waals surface area (Å²) in [5, 5.41) is 1.11. The Labute approximate surface area is 186 Å². The van der Waals surface area contributed by atoms with Crippen LogP contribution >= 0.6 is 11.6 Å². The third kappa shape index (κ3) is 4.03. The standard InChI is InChI=1S/C22H23ClN2O5S/c1-13-12-18-15(3)19(22(26)25-8-10-29-11-9-25)30-20(18)21(14(13)2)31(27,28)24-17-6-4-16(23)5-7-17/h4-7,12,24H,8-11H2,1-3H3. The second-order valence-electron chi connectivity index (χ2n) is 7.60. The van der Waals surface area contributed by atoms with Crippen molar-refractivity contribution >= 4 is 44.2 Å². The number of nitrogens with zero attached hydrogens (tertiary/aromatic N) is 1. The van der Waals surface area contributed by atoms with E-state index in [0.717, 1.165) is 5.56 Å². The molecule has 9 heteroatoms. The van der Waals surface area contributed by atoms with Gasteiger partial charge in [-0.1, -0.05) is 11.6 Å². The van der Waals surface area contributed by atoms with Crippen molar-refractivity contribution < 1.29 is 22.4 Å². The normalized spacial score (nSPS) is 14.8. The van der Waals surface area contributed by atoms with Crippen LogP contribution in [0.1, 0.15) is 27.2 Å². The Bertz CT molecular complexity index is 1260. The highest BCUT2D eigenvalue weighted by atomic mass is 35.5. The number of halogens is 1. The minimum Gasteiger partial charge on any atom is -0.449 e. The second-order valence-corrected chi connectivity index (χ2v) is 9.65. The van der Waals surface area contributed by atoms with E-state index in [4.69, 9.17) is 20.8 Å². The predicted octanol–water partition coefficient (Wildman–Crippen LogP) is 4.28. The van der Waals surface area contributed by atoms with Crippen LogP contribution in [0, 0.1) is 20.8 Å². The Hall–Kier alpha value is -2.55. The number of anilines is 1. The van der Waals surface area contributed by atoms with Gasteiger partial charge in [-0.05, 0) is 62.2 Å². The van der Waals surface area contributed by atoms with Gasteiger partial charge in [-0.25, -0.2) is 8.42 Å². The Balaban J connectivity index is 1.83. The number of aryl methyl sites for hydroxylation is 2. The van der Waals surface area contributed by atoms with Crippen molar-refractivity contribution in [3.8, 4) is 0 Å². The molecule has 1 saturated heterocycles. The molecule has 0 spiro atoms. The molecule has 4 rings (SSSR count). The van der Waals surface area contributed by atoms with Crippen LogP contribution in [0.2, 0.25) is 5.02 Å². The summed E-state index contributed by atoms with van der Waals surface area (Å²) in [4.78, 5) is 14.7. The third-order valence-electron chi connectivity index (χ3n) is 5.55. The van der Waals surface area contributed by atoms with Crippen molar-refractivity contribution in [1.29, 1.82) is 0 Å². The van der Waals surface area contributed by atoms with Crippen LogP contribution in [0.4, 0.5) is 5.69 Å². The number of benzene rings is 2. The van der Waals surface area contributed by atoms with Crippen LogP contribution in [0.25, 0.3) is 11.0 Å². The molecule has 0 atom stereocenters. The lowest BCUT2D eigenvalue weighted by Crippen LogP contribution is -2.40. The zero-order chi connectivity index (χ0) is 22.3. The molecule has 31 heavy (non-hydrogen) atoms. The molecule has 2 aromatic carbocycles. The summed E-state index contributed by atoms with van der Waals surface area (Å²) in [5.41, 5.74) is 2.54. The highest BCUT2D eigenvalue weighted by Crippen LogP contribution is 2.36. The third-order valence-corrected chi connectivity index (χ3v) is 7.34. The molecule has 0 radical (unpaired) electrons. The van der Waals surface area contributed by atoms with E-state index >= 15 is 0 Å². The summed E-state index contributed by atoms with van der Waals surface area (Å²) in [5.74, 6) is -0.105. The van der Waals surface area contributed by atoms with Gasteiger partial charge in [0.2, 0.25) is 0 Å². The molecule has 0 bridgehead atoms. The largest absolute Gasteiger partial charge is 0.449 e. The number of fused-ring (bicyclic) bond motifs is 1. The van der Waals surface area contributed by atoms with E-state index in [9.17, 15) is 13.2 Å². The lowest BCUT2D eigenvalue weighted by Gasteiger charge is -2.26. The van der Waals surface area contributed by atoms with Crippen molar-refractivity contribution in [2.45, 2.75) is 25.7 Å². The van der Waals surface area contributed by atoms with Crippen molar-refractivity contribution in [3.63, 3.8) is 0 Å². The minimum atomic E-state index is -3.99. The number of morpholine rings is 1. The van der Waals surface area contributed by atoms with E-state index in [-0.39, 0.29) is 22.1 Å². The lowest BCUT2D eigenvalue weighted by molar-refractivity contribution is 0.0283. The zero-order valence-electron chi connectivity index (χ0n) is 17.5. The van der Waals surface area contributed by atoms with Crippen molar-refractivity contribution in [2.24, 2.45) is 0 Å². The van der Waals surface area contributed by atoms with Gasteiger partial charge in [0, 0.05) is 34.7 Å². The van der Waals surface area contributed by atoms with Crippen molar-refractivity contribution in [3.05, 3.63) is 57.8 Å². The molecule has 1 aliphatic heterocycles. The molecule has 164 valence electrons. The second kappa shape index (κ2) is 8.18. The number of sulfonamides is 1. The fourth-order valence-corrected chi connectivity index (χ4v) is 5.34. The number of furan rings is 1. The zero-order valence-corrected chi connectivity index (χ0v) is 19.1. The van der Waals surface area contributed by atoms with Gasteiger partial charge in [-0.15, -0.1) is 0 Å². The van der Waals surface area contributed by atoms with Gasteiger partial charge >= 0.3 is 0 Å². The van der Waals surface area contributed by atoms with E-state index in [1.54, 1.807) is 43.0 Å². The SMILES string of the molecule is Cc1cc2c(C)c(C(=O)N3CCOCC3)oc2c(S(=O)(=O)Nc2ccc(Cl)cc2)c1C. The average Bonchev–Trinajstić information content (AvgIpc) is 3.06. The van der Waals surface area contributed by atoms with E-state index in [1.165, 1.54) is 0 Å². The first-order valence-electron chi connectivity index (χ1n) is 9.88. The molecular weight excluding hydrogens is 440 g/mol. The van der Waals surface area contributed by atoms with Gasteiger partial charge in [0.25, 0.3) is 15.9 Å². The Kier molecular flexibility index (Phi) is 5.72. The van der Waals surface area contributed by atoms with Gasteiger partial charge in [0.15, 0.2) is 11.3 Å². The maximum absolute atomic E-state index is 13.3. The maximum Gasteiger partial charge on any atom is 0.290 e. The van der Waals surface area contributed by atoms with E-state index in [1.807, 2.05) is 13.0 Å². The molecule has 3 aromatic rings. The van der Waals surface area contributed by atoms with Gasteiger partial charge in [0.1, 0.15) is 4.90 Å². The van der Waals surface area contributed by atoms with Gasteiger partial charge < -0.3 is 14.1 Å². The first kappa shape index (κ1) is 21.7. The Morgan fingerprint density at radius 3 is 2.35 bits per heavy atom. The van der Waals surface area contributed by atoms with E-state index in [0.29, 0.717) is 53.5 Å². The molecule has 1 aromatic heterocycles. The summed E-state index contributed by atoms with van der Waals surface area (Å²) < 4.78 is 40.5. The highest BCUT2D eigenvalue weighted by molar-refractivity contribution is 7.93. The molecule has 7 nitrogen and oxygen atoms in total. The maximum atomic E-state index is 13.3. The fourth-order valence-electron chi connectivity index (χ4n) is 3.70. The van der Waals surface area contributed by atoms with Crippen LogP contribution in [-0.2, 0) is 14.8 Å². The topological polar surface area (TPSA) is 88.9 Å². The Morgan fingerprint density at radius 2 is 1.71 bits per heavy atom. The molecule has 0 saturated carbocycles. The summed E-state index contributed by atoms with van der Waals surface area (Å²) in [6.07, 6.45) is 0. The molecule has 1 N–H and O–H groups in total. The number of hydrogen-bond acceptors (Lipinski definition) is 5. The lowest BCUT2D eigenvalue weighted by atomic mass is 10.0. The minimum absolute atomic E-state index is 0.0292. The number of carbonyl (C=O) groups is 1. The number of hydrogen-bond donors (Lipinski definition) is 1. The number of ether oxygens (including phenoxy) is 1. The van der Waals surface area contributed by atoms with Gasteiger partial charge in [-0.3, -0.25) is 9.52 Å². The number of rotatable bonds is 4. The van der Waals surface area contributed by atoms with E-state index in [2.05, 4.69) is 4.72 Å². The fraction of sp³-hybridized carbons (Fsp3) is 0.318. The first-order valence-corrected chi connectivity index (χ1v) is 11.7. The monoisotopic (exact) mass is 462 g/mol. The number of nitrogens with one attached hydrogen (secondary N) is 1. The molecule has 1 amide bonds. The van der Waals surface area contributed by atoms with Crippen LogP contribution in [0.5, 0.6) is 0 Å². The molecular formula is C22H23ClN2O5S. The Morgan fingerprint density at radius 1 is 1.06 bits per heavy atom. The van der Waals surface area contributed by atoms with Crippen LogP contribution in [-0.4, -0.2) is 45.5 Å². The first-order chi connectivity index (χ1) is 14.7. The highest BCUT2D eigenvalue weighted by Gasteiger charge is 2.30. The summed E-state index contributed by atoms with van der Waals surface area (Å²) in [7, 11) is -3.99. The number of amides is 1. The smallest absolute Gasteiger partial charge is 0.290 e. The summed E-state index contributed by atoms with van der Waals surface area (Å²) in [6.45, 7) is 7.21. The predicted molar refractivity (Wildman–Crippen MR) is 119 cm³/mol. The summed E-state index contributed by atoms with van der Waals surface area (Å²) >= 11 is 5.90. The molecule has 1 fully saturated rings. The summed E-state index contributed by atoms with van der Waals surface area (Å²) in [6, 6.07) is 8.25. The van der Waals surface area contributed by atoms with Gasteiger partial charge in [-0.2, -0.15) is 0 Å². The molecule has 0 aliphatic carbocycles. The van der Waals surface area contributed by atoms with Crippen LogP contribution < -0.4 is 4.72 Å².